The van der Waals surface area contributed by atoms with Crippen LogP contribution in [0.15, 0.2) is 12.4 Å². The molecular weight excluding hydrogens is 246 g/mol. The first-order valence-electron chi connectivity index (χ1n) is 8.24. The molecule has 0 spiro atoms. The van der Waals surface area contributed by atoms with Crippen molar-refractivity contribution in [2.75, 3.05) is 6.54 Å². The Morgan fingerprint density at radius 3 is 2.85 bits per heavy atom. The Balaban J connectivity index is 2.11. The summed E-state index contributed by atoms with van der Waals surface area (Å²) in [5.74, 6) is 1.97. The Bertz CT molecular complexity index is 408. The predicted molar refractivity (Wildman–Crippen MR) is 84.7 cm³/mol. The molecule has 1 N–H and O–H groups in total. The van der Waals surface area contributed by atoms with E-state index in [0.717, 1.165) is 18.9 Å². The number of hydrogen-bond donors (Lipinski definition) is 1. The van der Waals surface area contributed by atoms with Crippen molar-refractivity contribution in [3.05, 3.63) is 18.2 Å². The second-order valence-corrected chi connectivity index (χ2v) is 7.06. The third-order valence-electron chi connectivity index (χ3n) is 5.06. The number of nitrogens with one attached hydrogen (secondary N) is 1. The topological polar surface area (TPSA) is 29.9 Å². The SMILES string of the molecule is CCCNC(Cc1nccn1C)C1CCCCC1(C)C. The van der Waals surface area contributed by atoms with Gasteiger partial charge in [0.1, 0.15) is 5.82 Å². The quantitative estimate of drug-likeness (QED) is 0.862. The van der Waals surface area contributed by atoms with Gasteiger partial charge in [0.2, 0.25) is 0 Å². The van der Waals surface area contributed by atoms with Crippen molar-refractivity contribution < 1.29 is 0 Å². The van der Waals surface area contributed by atoms with Gasteiger partial charge in [-0.1, -0.05) is 33.6 Å². The lowest BCUT2D eigenvalue weighted by molar-refractivity contribution is 0.0971. The minimum absolute atomic E-state index is 0.453. The van der Waals surface area contributed by atoms with E-state index >= 15 is 0 Å². The van der Waals surface area contributed by atoms with Gasteiger partial charge in [-0.25, -0.2) is 4.98 Å². The highest BCUT2D eigenvalue weighted by atomic mass is 15.0. The predicted octanol–water partition coefficient (Wildman–Crippen LogP) is 3.55. The Labute approximate surface area is 124 Å². The zero-order valence-corrected chi connectivity index (χ0v) is 13.7. The van der Waals surface area contributed by atoms with E-state index in [9.17, 15) is 0 Å². The lowest BCUT2D eigenvalue weighted by Gasteiger charge is -2.43. The fraction of sp³-hybridized carbons (Fsp3) is 0.824. The standard InChI is InChI=1S/C17H31N3/c1-5-10-18-15(13-16-19-11-12-20(16)4)14-8-6-7-9-17(14,2)3/h11-12,14-15,18H,5-10,13H2,1-4H3. The molecule has 0 aromatic carbocycles. The molecule has 0 saturated heterocycles. The summed E-state index contributed by atoms with van der Waals surface area (Å²) in [5, 5.41) is 3.81. The fourth-order valence-corrected chi connectivity index (χ4v) is 3.74. The van der Waals surface area contributed by atoms with E-state index in [0.29, 0.717) is 11.5 Å². The molecule has 1 fully saturated rings. The Kier molecular flexibility index (Phi) is 5.25. The number of nitrogens with zero attached hydrogens (tertiary/aromatic N) is 2. The van der Waals surface area contributed by atoms with Crippen molar-refractivity contribution in [2.24, 2.45) is 18.4 Å². The van der Waals surface area contributed by atoms with Crippen LogP contribution in [0, 0.1) is 11.3 Å². The molecule has 1 aromatic rings. The summed E-state index contributed by atoms with van der Waals surface area (Å²) in [7, 11) is 2.10. The summed E-state index contributed by atoms with van der Waals surface area (Å²) in [4.78, 5) is 4.53. The molecule has 2 rings (SSSR count). The summed E-state index contributed by atoms with van der Waals surface area (Å²) in [5.41, 5.74) is 0.453. The third-order valence-corrected chi connectivity index (χ3v) is 5.06. The van der Waals surface area contributed by atoms with Crippen molar-refractivity contribution in [3.8, 4) is 0 Å². The molecule has 0 radical (unpaired) electrons. The minimum Gasteiger partial charge on any atom is -0.338 e. The second-order valence-electron chi connectivity index (χ2n) is 7.06. The van der Waals surface area contributed by atoms with E-state index in [1.165, 1.54) is 37.9 Å². The van der Waals surface area contributed by atoms with Crippen LogP contribution in [0.3, 0.4) is 0 Å². The van der Waals surface area contributed by atoms with Gasteiger partial charge in [-0.15, -0.1) is 0 Å². The zero-order chi connectivity index (χ0) is 14.6. The summed E-state index contributed by atoms with van der Waals surface area (Å²) < 4.78 is 2.16. The summed E-state index contributed by atoms with van der Waals surface area (Å²) in [6, 6.07) is 0.561. The molecule has 2 unspecified atom stereocenters. The van der Waals surface area contributed by atoms with E-state index in [2.05, 4.69) is 48.9 Å². The lowest BCUT2D eigenvalue weighted by atomic mass is 9.65. The average molecular weight is 277 g/mol. The van der Waals surface area contributed by atoms with Crippen molar-refractivity contribution in [2.45, 2.75) is 65.3 Å². The fourth-order valence-electron chi connectivity index (χ4n) is 3.74. The van der Waals surface area contributed by atoms with Crippen LogP contribution < -0.4 is 5.32 Å². The molecule has 3 heteroatoms. The van der Waals surface area contributed by atoms with Gasteiger partial charge in [-0.05, 0) is 37.1 Å². The van der Waals surface area contributed by atoms with Gasteiger partial charge >= 0.3 is 0 Å². The number of imidazole rings is 1. The Morgan fingerprint density at radius 1 is 1.45 bits per heavy atom. The molecular formula is C17H31N3. The zero-order valence-electron chi connectivity index (χ0n) is 13.7. The summed E-state index contributed by atoms with van der Waals surface area (Å²) >= 11 is 0. The highest BCUT2D eigenvalue weighted by molar-refractivity contribution is 4.99. The van der Waals surface area contributed by atoms with Gasteiger partial charge in [0.05, 0.1) is 0 Å². The van der Waals surface area contributed by atoms with Crippen LogP contribution in [-0.2, 0) is 13.5 Å². The van der Waals surface area contributed by atoms with Crippen LogP contribution >= 0.6 is 0 Å². The first-order valence-corrected chi connectivity index (χ1v) is 8.24. The normalized spacial score (nSPS) is 23.7. The summed E-state index contributed by atoms with van der Waals surface area (Å²) in [6.45, 7) is 8.27. The van der Waals surface area contributed by atoms with Gasteiger partial charge < -0.3 is 9.88 Å². The molecule has 0 aliphatic heterocycles. The van der Waals surface area contributed by atoms with Crippen molar-refractivity contribution >= 4 is 0 Å². The van der Waals surface area contributed by atoms with Crippen LogP contribution in [0.2, 0.25) is 0 Å². The third kappa shape index (κ3) is 3.63. The van der Waals surface area contributed by atoms with Crippen molar-refractivity contribution in [1.82, 2.24) is 14.9 Å². The molecule has 114 valence electrons. The molecule has 20 heavy (non-hydrogen) atoms. The number of rotatable bonds is 6. The van der Waals surface area contributed by atoms with E-state index in [4.69, 9.17) is 0 Å². The average Bonchev–Trinajstić information content (AvgIpc) is 2.80. The molecule has 1 aromatic heterocycles. The molecule has 2 atom stereocenters. The van der Waals surface area contributed by atoms with Crippen LogP contribution in [0.1, 0.15) is 58.7 Å². The van der Waals surface area contributed by atoms with Crippen LogP contribution in [0.4, 0.5) is 0 Å². The largest absolute Gasteiger partial charge is 0.338 e. The molecule has 1 heterocycles. The molecule has 1 saturated carbocycles. The number of hydrogen-bond acceptors (Lipinski definition) is 2. The lowest BCUT2D eigenvalue weighted by Crippen LogP contribution is -2.46. The van der Waals surface area contributed by atoms with Gasteiger partial charge in [0, 0.05) is 31.9 Å². The van der Waals surface area contributed by atoms with E-state index in [-0.39, 0.29) is 0 Å². The molecule has 0 amide bonds. The second kappa shape index (κ2) is 6.75. The molecule has 1 aliphatic carbocycles. The van der Waals surface area contributed by atoms with Crippen LogP contribution in [0.5, 0.6) is 0 Å². The maximum atomic E-state index is 4.53. The van der Waals surface area contributed by atoms with Crippen molar-refractivity contribution in [1.29, 1.82) is 0 Å². The van der Waals surface area contributed by atoms with E-state index in [1.807, 2.05) is 6.20 Å². The van der Waals surface area contributed by atoms with Crippen LogP contribution in [0.25, 0.3) is 0 Å². The number of aromatic nitrogens is 2. The van der Waals surface area contributed by atoms with Gasteiger partial charge in [0.25, 0.3) is 0 Å². The molecule has 3 nitrogen and oxygen atoms in total. The molecule has 0 bridgehead atoms. The highest BCUT2D eigenvalue weighted by Gasteiger charge is 2.37. The monoisotopic (exact) mass is 277 g/mol. The first kappa shape index (κ1) is 15.6. The maximum absolute atomic E-state index is 4.53. The number of aryl methyl sites for hydroxylation is 1. The summed E-state index contributed by atoms with van der Waals surface area (Å²) in [6.07, 6.45) is 11.7. The van der Waals surface area contributed by atoms with E-state index in [1.54, 1.807) is 0 Å². The van der Waals surface area contributed by atoms with Crippen LogP contribution in [-0.4, -0.2) is 22.1 Å². The Morgan fingerprint density at radius 2 is 2.25 bits per heavy atom. The minimum atomic E-state index is 0.453. The molecule has 1 aliphatic rings. The van der Waals surface area contributed by atoms with E-state index < -0.39 is 0 Å². The van der Waals surface area contributed by atoms with Gasteiger partial charge in [-0.2, -0.15) is 0 Å². The maximum Gasteiger partial charge on any atom is 0.109 e. The van der Waals surface area contributed by atoms with Crippen molar-refractivity contribution in [3.63, 3.8) is 0 Å². The first-order chi connectivity index (χ1) is 9.54. The highest BCUT2D eigenvalue weighted by Crippen LogP contribution is 2.42. The smallest absolute Gasteiger partial charge is 0.109 e. The van der Waals surface area contributed by atoms with Gasteiger partial charge in [0.15, 0.2) is 0 Å². The Hall–Kier alpha value is -0.830. The van der Waals surface area contributed by atoms with Gasteiger partial charge in [-0.3, -0.25) is 0 Å².